The van der Waals surface area contributed by atoms with Crippen molar-refractivity contribution in [3.05, 3.63) is 0 Å². The lowest BCUT2D eigenvalue weighted by molar-refractivity contribution is -0.230. The maximum Gasteiger partial charge on any atom is 0.189 e. The smallest absolute Gasteiger partial charge is 0.189 e. The van der Waals surface area contributed by atoms with Gasteiger partial charge in [0.1, 0.15) is 6.10 Å². The molecule has 0 aliphatic heterocycles. The molecule has 21 heavy (non-hydrogen) atoms. The second-order valence-electron chi connectivity index (χ2n) is 6.88. The third-order valence-corrected chi connectivity index (χ3v) is 4.81. The largest absolute Gasteiger partial charge is 0.388 e. The van der Waals surface area contributed by atoms with Crippen molar-refractivity contribution >= 4 is 0 Å². The van der Waals surface area contributed by atoms with E-state index >= 15 is 0 Å². The average Bonchev–Trinajstić information content (AvgIpc) is 2.45. The Morgan fingerprint density at radius 3 is 1.29 bits per heavy atom. The van der Waals surface area contributed by atoms with E-state index in [9.17, 15) is 15.3 Å². The maximum absolute atomic E-state index is 9.94. The zero-order valence-electron chi connectivity index (χ0n) is 13.7. The fourth-order valence-electron chi connectivity index (χ4n) is 3.24. The van der Waals surface area contributed by atoms with Crippen LogP contribution in [-0.4, -0.2) is 27.2 Å². The van der Waals surface area contributed by atoms with Gasteiger partial charge in [0, 0.05) is 6.42 Å². The van der Waals surface area contributed by atoms with Gasteiger partial charge in [-0.15, -0.1) is 0 Å². The van der Waals surface area contributed by atoms with E-state index in [1.165, 1.54) is 64.2 Å². The average molecular weight is 300 g/mol. The number of hydrogen-bond donors (Lipinski definition) is 3. The molecule has 0 aromatic carbocycles. The van der Waals surface area contributed by atoms with Gasteiger partial charge in [0.25, 0.3) is 0 Å². The molecular weight excluding hydrogens is 264 g/mol. The molecule has 0 aromatic heterocycles. The van der Waals surface area contributed by atoms with Crippen molar-refractivity contribution in [3.8, 4) is 0 Å². The van der Waals surface area contributed by atoms with Crippen molar-refractivity contribution in [2.75, 3.05) is 0 Å². The molecule has 0 amide bonds. The lowest BCUT2D eigenvalue weighted by Crippen LogP contribution is -2.42. The fourth-order valence-corrected chi connectivity index (χ4v) is 3.24. The molecule has 1 aliphatic rings. The van der Waals surface area contributed by atoms with E-state index in [-0.39, 0.29) is 0 Å². The lowest BCUT2D eigenvalue weighted by Gasteiger charge is -2.27. The first-order valence-electron chi connectivity index (χ1n) is 9.26. The Kier molecular flexibility index (Phi) is 10.3. The first-order valence-corrected chi connectivity index (χ1v) is 9.26. The van der Waals surface area contributed by atoms with Crippen LogP contribution in [0.2, 0.25) is 0 Å². The lowest BCUT2D eigenvalue weighted by atomic mass is 9.96. The van der Waals surface area contributed by atoms with Crippen LogP contribution in [0.15, 0.2) is 0 Å². The molecule has 1 aliphatic carbocycles. The molecule has 0 heterocycles. The molecule has 3 heteroatoms. The standard InChI is InChI=1S/C18H36O3/c19-17-15-13-11-9-7-5-3-1-2-4-6-8-10-12-14-16-18(17,20)21/h17,19-21H,1-16H2. The van der Waals surface area contributed by atoms with Gasteiger partial charge in [-0.3, -0.25) is 0 Å². The van der Waals surface area contributed by atoms with Gasteiger partial charge in [-0.05, 0) is 12.8 Å². The van der Waals surface area contributed by atoms with Crippen LogP contribution in [-0.2, 0) is 0 Å². The summed E-state index contributed by atoms with van der Waals surface area (Å²) in [4.78, 5) is 0. The van der Waals surface area contributed by atoms with E-state index in [0.29, 0.717) is 12.8 Å². The summed E-state index contributed by atoms with van der Waals surface area (Å²) in [7, 11) is 0. The Hall–Kier alpha value is -0.120. The van der Waals surface area contributed by atoms with Crippen molar-refractivity contribution in [2.45, 2.75) is 115 Å². The predicted molar refractivity (Wildman–Crippen MR) is 87.0 cm³/mol. The molecule has 0 bridgehead atoms. The van der Waals surface area contributed by atoms with Gasteiger partial charge < -0.3 is 15.3 Å². The number of rotatable bonds is 0. The molecule has 126 valence electrons. The Labute approximate surface area is 130 Å². The van der Waals surface area contributed by atoms with Gasteiger partial charge in [-0.2, -0.15) is 0 Å². The monoisotopic (exact) mass is 300 g/mol. The van der Waals surface area contributed by atoms with Crippen LogP contribution in [0.3, 0.4) is 0 Å². The van der Waals surface area contributed by atoms with Crippen LogP contribution in [0.25, 0.3) is 0 Å². The maximum atomic E-state index is 9.94. The summed E-state index contributed by atoms with van der Waals surface area (Å²) in [5.41, 5.74) is 0. The Morgan fingerprint density at radius 2 is 0.857 bits per heavy atom. The molecule has 0 radical (unpaired) electrons. The molecule has 1 atom stereocenters. The summed E-state index contributed by atoms with van der Waals surface area (Å²) in [5, 5.41) is 29.8. The van der Waals surface area contributed by atoms with E-state index in [0.717, 1.165) is 25.7 Å². The van der Waals surface area contributed by atoms with Crippen molar-refractivity contribution in [3.63, 3.8) is 0 Å². The Balaban J connectivity index is 2.28. The third-order valence-electron chi connectivity index (χ3n) is 4.81. The number of hydrogen-bond acceptors (Lipinski definition) is 3. The summed E-state index contributed by atoms with van der Waals surface area (Å²) in [6.45, 7) is 0. The van der Waals surface area contributed by atoms with Crippen LogP contribution in [0.4, 0.5) is 0 Å². The van der Waals surface area contributed by atoms with Gasteiger partial charge in [0.05, 0.1) is 0 Å². The van der Waals surface area contributed by atoms with E-state index in [1.54, 1.807) is 0 Å². The molecule has 1 unspecified atom stereocenters. The molecule has 0 saturated heterocycles. The van der Waals surface area contributed by atoms with E-state index in [2.05, 4.69) is 0 Å². The quantitative estimate of drug-likeness (QED) is 0.585. The fraction of sp³-hybridized carbons (Fsp3) is 1.00. The molecule has 0 aromatic rings. The van der Waals surface area contributed by atoms with Gasteiger partial charge in [-0.1, -0.05) is 83.5 Å². The highest BCUT2D eigenvalue weighted by Crippen LogP contribution is 2.22. The summed E-state index contributed by atoms with van der Waals surface area (Å²) in [6.07, 6.45) is 16.7. The number of aliphatic hydroxyl groups is 3. The molecule has 3 N–H and O–H groups in total. The van der Waals surface area contributed by atoms with Gasteiger partial charge >= 0.3 is 0 Å². The van der Waals surface area contributed by atoms with Crippen LogP contribution >= 0.6 is 0 Å². The van der Waals surface area contributed by atoms with Crippen LogP contribution < -0.4 is 0 Å². The minimum Gasteiger partial charge on any atom is -0.388 e. The molecule has 1 fully saturated rings. The first kappa shape index (κ1) is 18.9. The molecule has 0 spiro atoms. The normalized spacial score (nSPS) is 28.4. The van der Waals surface area contributed by atoms with Gasteiger partial charge in [-0.25, -0.2) is 0 Å². The van der Waals surface area contributed by atoms with Crippen LogP contribution in [0.1, 0.15) is 103 Å². The highest BCUT2D eigenvalue weighted by Gasteiger charge is 2.31. The third kappa shape index (κ3) is 9.49. The van der Waals surface area contributed by atoms with Crippen molar-refractivity contribution < 1.29 is 15.3 Å². The van der Waals surface area contributed by atoms with Crippen molar-refractivity contribution in [2.24, 2.45) is 0 Å². The van der Waals surface area contributed by atoms with Gasteiger partial charge in [0.15, 0.2) is 5.79 Å². The zero-order chi connectivity index (χ0) is 15.4. The second-order valence-corrected chi connectivity index (χ2v) is 6.88. The minimum absolute atomic E-state index is 0.300. The van der Waals surface area contributed by atoms with E-state index in [1.807, 2.05) is 0 Å². The summed E-state index contributed by atoms with van der Waals surface area (Å²) >= 11 is 0. The molecule has 1 saturated carbocycles. The van der Waals surface area contributed by atoms with E-state index in [4.69, 9.17) is 0 Å². The van der Waals surface area contributed by atoms with Crippen molar-refractivity contribution in [1.29, 1.82) is 0 Å². The summed E-state index contributed by atoms with van der Waals surface area (Å²) < 4.78 is 0. The highest BCUT2D eigenvalue weighted by molar-refractivity contribution is 4.75. The second kappa shape index (κ2) is 11.4. The Morgan fingerprint density at radius 1 is 0.524 bits per heavy atom. The van der Waals surface area contributed by atoms with Crippen LogP contribution in [0.5, 0.6) is 0 Å². The first-order chi connectivity index (χ1) is 10.1. The topological polar surface area (TPSA) is 60.7 Å². The number of aliphatic hydroxyl groups excluding tert-OH is 1. The molecule has 3 nitrogen and oxygen atoms in total. The summed E-state index contributed by atoms with van der Waals surface area (Å²) in [6, 6.07) is 0. The zero-order valence-corrected chi connectivity index (χ0v) is 13.7. The summed E-state index contributed by atoms with van der Waals surface area (Å²) in [5.74, 6) is -1.88. The van der Waals surface area contributed by atoms with E-state index < -0.39 is 11.9 Å². The highest BCUT2D eigenvalue weighted by atomic mass is 16.5. The van der Waals surface area contributed by atoms with Crippen LogP contribution in [0, 0.1) is 0 Å². The minimum atomic E-state index is -1.88. The van der Waals surface area contributed by atoms with Gasteiger partial charge in [0.2, 0.25) is 0 Å². The molecular formula is C18H36O3. The predicted octanol–water partition coefficient (Wildman–Crippen LogP) is 4.28. The SMILES string of the molecule is OC1CCCCCCCCCCCCCCCCC1(O)O. The Bertz CT molecular complexity index is 241. The van der Waals surface area contributed by atoms with Crippen molar-refractivity contribution in [1.82, 2.24) is 0 Å². The molecule has 1 rings (SSSR count).